The van der Waals surface area contributed by atoms with Gasteiger partial charge in [0.15, 0.2) is 5.11 Å². The predicted molar refractivity (Wildman–Crippen MR) is 56.7 cm³/mol. The fourth-order valence-electron chi connectivity index (χ4n) is 0.747. The average Bonchev–Trinajstić information content (AvgIpc) is 2.09. The number of rotatable bonds is 1. The summed E-state index contributed by atoms with van der Waals surface area (Å²) in [7, 11) is 1.76. The minimum Gasteiger partial charge on any atom is -0.366 e. The van der Waals surface area contributed by atoms with Gasteiger partial charge in [0.1, 0.15) is 0 Å². The molecule has 0 fully saturated rings. The molecule has 0 bridgehead atoms. The Labute approximate surface area is 81.9 Å². The molecule has 0 aliphatic carbocycles. The Hall–Kier alpha value is -0.800. The van der Waals surface area contributed by atoms with Gasteiger partial charge >= 0.3 is 0 Å². The number of benzene rings is 1. The Bertz CT molecular complexity index is 288. The van der Waals surface area contributed by atoms with Crippen LogP contribution in [0.2, 0.25) is 5.02 Å². The van der Waals surface area contributed by atoms with Gasteiger partial charge < -0.3 is 10.6 Å². The van der Waals surface area contributed by atoms with E-state index in [4.69, 9.17) is 23.8 Å². The summed E-state index contributed by atoms with van der Waals surface area (Å²) in [4.78, 5) is 0. The van der Waals surface area contributed by atoms with E-state index in [-0.39, 0.29) is 0 Å². The minimum absolute atomic E-state index is 0.558. The van der Waals surface area contributed by atoms with Crippen LogP contribution in [-0.2, 0) is 0 Å². The minimum atomic E-state index is 0.558. The van der Waals surface area contributed by atoms with Crippen LogP contribution in [0.15, 0.2) is 24.3 Å². The first-order valence-corrected chi connectivity index (χ1v) is 4.26. The Kier molecular flexibility index (Phi) is 3.31. The lowest BCUT2D eigenvalue weighted by molar-refractivity contribution is 1.20. The van der Waals surface area contributed by atoms with Crippen LogP contribution in [0, 0.1) is 0 Å². The number of halogens is 1. The second-order valence-electron chi connectivity index (χ2n) is 2.18. The monoisotopic (exact) mass is 200 g/mol. The Morgan fingerprint density at radius 3 is 2.67 bits per heavy atom. The molecule has 0 atom stereocenters. The second kappa shape index (κ2) is 4.28. The van der Waals surface area contributed by atoms with Crippen LogP contribution in [0.4, 0.5) is 5.69 Å². The highest BCUT2D eigenvalue weighted by Crippen LogP contribution is 2.19. The van der Waals surface area contributed by atoms with Crippen LogP contribution in [0.5, 0.6) is 0 Å². The van der Waals surface area contributed by atoms with E-state index in [1.54, 1.807) is 7.05 Å². The molecule has 0 saturated carbocycles. The van der Waals surface area contributed by atoms with Crippen LogP contribution in [0.25, 0.3) is 0 Å². The molecule has 0 unspecified atom stereocenters. The van der Waals surface area contributed by atoms with Gasteiger partial charge in [-0.2, -0.15) is 0 Å². The molecular formula is C8H9ClN2S. The molecule has 1 aromatic rings. The predicted octanol–water partition coefficient (Wildman–Crippen LogP) is 2.26. The SMILES string of the molecule is CNC(=S)Nc1ccccc1Cl. The Morgan fingerprint density at radius 2 is 2.08 bits per heavy atom. The third-order valence-electron chi connectivity index (χ3n) is 1.35. The number of para-hydroxylation sites is 1. The van der Waals surface area contributed by atoms with Crippen LogP contribution in [-0.4, -0.2) is 12.2 Å². The number of hydrogen-bond donors (Lipinski definition) is 2. The van der Waals surface area contributed by atoms with Gasteiger partial charge in [-0.1, -0.05) is 23.7 Å². The molecule has 0 spiro atoms. The van der Waals surface area contributed by atoms with E-state index < -0.39 is 0 Å². The van der Waals surface area contributed by atoms with Gasteiger partial charge in [0.2, 0.25) is 0 Å². The van der Waals surface area contributed by atoms with Crippen molar-refractivity contribution in [3.05, 3.63) is 29.3 Å². The van der Waals surface area contributed by atoms with Gasteiger partial charge in [-0.25, -0.2) is 0 Å². The van der Waals surface area contributed by atoms with Crippen molar-refractivity contribution in [3.8, 4) is 0 Å². The van der Waals surface area contributed by atoms with Crippen molar-refractivity contribution in [1.29, 1.82) is 0 Å². The second-order valence-corrected chi connectivity index (χ2v) is 3.00. The topological polar surface area (TPSA) is 24.1 Å². The fraction of sp³-hybridized carbons (Fsp3) is 0.125. The molecule has 0 amide bonds. The maximum atomic E-state index is 5.88. The third-order valence-corrected chi connectivity index (χ3v) is 1.98. The molecule has 1 rings (SSSR count). The van der Waals surface area contributed by atoms with Crippen LogP contribution in [0.1, 0.15) is 0 Å². The zero-order valence-electron chi connectivity index (χ0n) is 6.60. The Balaban J connectivity index is 2.75. The molecular weight excluding hydrogens is 192 g/mol. The van der Waals surface area contributed by atoms with Crippen molar-refractivity contribution in [2.45, 2.75) is 0 Å². The van der Waals surface area contributed by atoms with Gasteiger partial charge in [-0.3, -0.25) is 0 Å². The van der Waals surface area contributed by atoms with E-state index in [9.17, 15) is 0 Å². The van der Waals surface area contributed by atoms with Gasteiger partial charge in [-0.15, -0.1) is 0 Å². The molecule has 0 radical (unpaired) electrons. The normalized spacial score (nSPS) is 9.17. The largest absolute Gasteiger partial charge is 0.366 e. The molecule has 2 N–H and O–H groups in total. The van der Waals surface area contributed by atoms with E-state index in [0.29, 0.717) is 10.1 Å². The van der Waals surface area contributed by atoms with Crippen molar-refractivity contribution < 1.29 is 0 Å². The van der Waals surface area contributed by atoms with Gasteiger partial charge in [0.05, 0.1) is 10.7 Å². The van der Waals surface area contributed by atoms with Crippen LogP contribution < -0.4 is 10.6 Å². The van der Waals surface area contributed by atoms with Gasteiger partial charge in [0.25, 0.3) is 0 Å². The summed E-state index contributed by atoms with van der Waals surface area (Å²) in [5.74, 6) is 0. The number of hydrogen-bond acceptors (Lipinski definition) is 1. The summed E-state index contributed by atoms with van der Waals surface area (Å²) in [6.07, 6.45) is 0. The Morgan fingerprint density at radius 1 is 1.42 bits per heavy atom. The molecule has 12 heavy (non-hydrogen) atoms. The lowest BCUT2D eigenvalue weighted by Gasteiger charge is -2.07. The van der Waals surface area contributed by atoms with Crippen molar-refractivity contribution in [3.63, 3.8) is 0 Å². The molecule has 2 nitrogen and oxygen atoms in total. The number of anilines is 1. The van der Waals surface area contributed by atoms with E-state index in [1.165, 1.54) is 0 Å². The van der Waals surface area contributed by atoms with Crippen molar-refractivity contribution in [1.82, 2.24) is 5.32 Å². The molecule has 0 aliphatic heterocycles. The molecule has 0 aromatic heterocycles. The van der Waals surface area contributed by atoms with Crippen molar-refractivity contribution in [2.75, 3.05) is 12.4 Å². The smallest absolute Gasteiger partial charge is 0.170 e. The highest BCUT2D eigenvalue weighted by Gasteiger charge is 1.98. The zero-order chi connectivity index (χ0) is 8.97. The standard InChI is InChI=1S/C8H9ClN2S/c1-10-8(12)11-7-5-3-2-4-6(7)9/h2-5H,1H3,(H2,10,11,12). The molecule has 0 saturated heterocycles. The number of nitrogens with one attached hydrogen (secondary N) is 2. The summed E-state index contributed by atoms with van der Waals surface area (Å²) in [5, 5.41) is 6.97. The molecule has 0 heterocycles. The van der Waals surface area contributed by atoms with Crippen molar-refractivity contribution >= 4 is 34.6 Å². The number of thiocarbonyl (C=S) groups is 1. The summed E-state index contributed by atoms with van der Waals surface area (Å²) in [6.45, 7) is 0. The maximum absolute atomic E-state index is 5.88. The van der Waals surface area contributed by atoms with E-state index in [1.807, 2.05) is 24.3 Å². The zero-order valence-corrected chi connectivity index (χ0v) is 8.17. The first-order valence-electron chi connectivity index (χ1n) is 3.47. The average molecular weight is 201 g/mol. The van der Waals surface area contributed by atoms with E-state index >= 15 is 0 Å². The lowest BCUT2D eigenvalue weighted by atomic mass is 10.3. The van der Waals surface area contributed by atoms with Crippen molar-refractivity contribution in [2.24, 2.45) is 0 Å². The van der Waals surface area contributed by atoms with E-state index in [2.05, 4.69) is 10.6 Å². The third kappa shape index (κ3) is 2.36. The first kappa shape index (κ1) is 9.29. The van der Waals surface area contributed by atoms with Crippen LogP contribution >= 0.6 is 23.8 Å². The highest BCUT2D eigenvalue weighted by molar-refractivity contribution is 7.80. The van der Waals surface area contributed by atoms with Gasteiger partial charge in [0, 0.05) is 7.05 Å². The molecule has 4 heteroatoms. The summed E-state index contributed by atoms with van der Waals surface area (Å²) >= 11 is 10.8. The van der Waals surface area contributed by atoms with E-state index in [0.717, 1.165) is 5.69 Å². The summed E-state index contributed by atoms with van der Waals surface area (Å²) in [5.41, 5.74) is 0.818. The molecule has 0 aliphatic rings. The summed E-state index contributed by atoms with van der Waals surface area (Å²) in [6, 6.07) is 7.44. The van der Waals surface area contributed by atoms with Crippen LogP contribution in [0.3, 0.4) is 0 Å². The highest BCUT2D eigenvalue weighted by atomic mass is 35.5. The maximum Gasteiger partial charge on any atom is 0.170 e. The fourth-order valence-corrected chi connectivity index (χ4v) is 1.04. The quantitative estimate of drug-likeness (QED) is 0.681. The molecule has 1 aromatic carbocycles. The first-order chi connectivity index (χ1) is 5.74. The molecule has 64 valence electrons. The lowest BCUT2D eigenvalue weighted by Crippen LogP contribution is -2.24. The van der Waals surface area contributed by atoms with Gasteiger partial charge in [-0.05, 0) is 24.4 Å². The summed E-state index contributed by atoms with van der Waals surface area (Å²) < 4.78 is 0.